The van der Waals surface area contributed by atoms with Crippen molar-refractivity contribution in [1.29, 1.82) is 0 Å². The predicted molar refractivity (Wildman–Crippen MR) is 47.8 cm³/mol. The van der Waals surface area contributed by atoms with Gasteiger partial charge in [-0.25, -0.2) is 4.99 Å². The van der Waals surface area contributed by atoms with Crippen LogP contribution in [-0.2, 0) is 4.74 Å². The standard InChI is InChI=1S/C4H4Br3NO/c5-4(6,7)3-8-1-2-9-3/h1-2H2. The summed E-state index contributed by atoms with van der Waals surface area (Å²) in [6.45, 7) is 1.43. The first-order valence-corrected chi connectivity index (χ1v) is 4.73. The first-order valence-electron chi connectivity index (χ1n) is 2.35. The van der Waals surface area contributed by atoms with Gasteiger partial charge in [0.15, 0.2) is 0 Å². The van der Waals surface area contributed by atoms with Crippen molar-refractivity contribution in [3.63, 3.8) is 0 Å². The minimum Gasteiger partial charge on any atom is -0.477 e. The Labute approximate surface area is 78.4 Å². The van der Waals surface area contributed by atoms with Gasteiger partial charge in [0.2, 0.25) is 8.04 Å². The van der Waals surface area contributed by atoms with Crippen LogP contribution >= 0.6 is 47.8 Å². The lowest BCUT2D eigenvalue weighted by Gasteiger charge is -2.09. The Morgan fingerprint density at radius 1 is 1.44 bits per heavy atom. The van der Waals surface area contributed by atoms with E-state index in [-0.39, 0.29) is 0 Å². The zero-order valence-electron chi connectivity index (χ0n) is 4.40. The number of alkyl halides is 3. The van der Waals surface area contributed by atoms with Gasteiger partial charge in [-0.2, -0.15) is 0 Å². The molecule has 0 N–H and O–H groups in total. The van der Waals surface area contributed by atoms with E-state index in [1.54, 1.807) is 0 Å². The molecule has 1 aliphatic heterocycles. The van der Waals surface area contributed by atoms with Gasteiger partial charge >= 0.3 is 0 Å². The molecular weight excluding hydrogens is 318 g/mol. The second-order valence-electron chi connectivity index (χ2n) is 1.53. The molecule has 0 aromatic heterocycles. The van der Waals surface area contributed by atoms with Gasteiger partial charge in [0.25, 0.3) is 0 Å². The summed E-state index contributed by atoms with van der Waals surface area (Å²) >= 11 is 9.85. The molecule has 1 rings (SSSR count). The van der Waals surface area contributed by atoms with Crippen LogP contribution in [0.15, 0.2) is 4.99 Å². The van der Waals surface area contributed by atoms with Crippen LogP contribution in [0.25, 0.3) is 0 Å². The molecule has 0 aromatic rings. The predicted octanol–water partition coefficient (Wildman–Crippen LogP) is 2.25. The van der Waals surface area contributed by atoms with Gasteiger partial charge in [0.1, 0.15) is 6.61 Å². The summed E-state index contributed by atoms with van der Waals surface area (Å²) in [6, 6.07) is 0. The molecule has 1 heterocycles. The average Bonchev–Trinajstić information content (AvgIpc) is 2.08. The Bertz CT molecular complexity index is 139. The Kier molecular flexibility index (Phi) is 2.56. The van der Waals surface area contributed by atoms with E-state index in [1.165, 1.54) is 0 Å². The molecule has 0 radical (unpaired) electrons. The minimum atomic E-state index is -0.455. The van der Waals surface area contributed by atoms with Gasteiger partial charge in [0, 0.05) is 0 Å². The van der Waals surface area contributed by atoms with E-state index in [4.69, 9.17) is 4.74 Å². The van der Waals surface area contributed by atoms with Crippen molar-refractivity contribution >= 4 is 53.7 Å². The van der Waals surface area contributed by atoms with E-state index >= 15 is 0 Å². The monoisotopic (exact) mass is 319 g/mol. The SMILES string of the molecule is BrC(Br)(Br)C1=NCCO1. The fourth-order valence-corrected chi connectivity index (χ4v) is 1.23. The van der Waals surface area contributed by atoms with Crippen molar-refractivity contribution in [2.45, 2.75) is 2.14 Å². The normalized spacial score (nSPS) is 19.2. The van der Waals surface area contributed by atoms with Crippen molar-refractivity contribution in [3.05, 3.63) is 0 Å². The fraction of sp³-hybridized carbons (Fsp3) is 0.750. The highest BCUT2D eigenvalue weighted by Crippen LogP contribution is 2.36. The maximum absolute atomic E-state index is 5.13. The van der Waals surface area contributed by atoms with E-state index in [9.17, 15) is 0 Å². The quantitative estimate of drug-likeness (QED) is 0.627. The number of halogens is 3. The highest BCUT2D eigenvalue weighted by molar-refractivity contribution is 9.40. The summed E-state index contributed by atoms with van der Waals surface area (Å²) in [5.41, 5.74) is 0. The molecule has 9 heavy (non-hydrogen) atoms. The van der Waals surface area contributed by atoms with Crippen LogP contribution in [0.3, 0.4) is 0 Å². The molecule has 0 fully saturated rings. The van der Waals surface area contributed by atoms with E-state index in [0.717, 1.165) is 6.54 Å². The third-order valence-electron chi connectivity index (χ3n) is 0.828. The molecule has 2 nitrogen and oxygen atoms in total. The third kappa shape index (κ3) is 2.20. The maximum Gasteiger partial charge on any atom is 0.223 e. The number of aliphatic imine (C=N–C) groups is 1. The first kappa shape index (κ1) is 8.01. The van der Waals surface area contributed by atoms with Gasteiger partial charge < -0.3 is 4.74 Å². The molecule has 5 heteroatoms. The van der Waals surface area contributed by atoms with Crippen molar-refractivity contribution in [3.8, 4) is 0 Å². The number of nitrogens with zero attached hydrogens (tertiary/aromatic N) is 1. The summed E-state index contributed by atoms with van der Waals surface area (Å²) in [5.74, 6) is 0.655. The smallest absolute Gasteiger partial charge is 0.223 e. The highest BCUT2D eigenvalue weighted by atomic mass is 80.0. The van der Waals surface area contributed by atoms with Crippen molar-refractivity contribution < 1.29 is 4.74 Å². The first-order chi connectivity index (χ1) is 4.11. The summed E-state index contributed by atoms with van der Waals surface area (Å²) in [6.07, 6.45) is 0. The maximum atomic E-state index is 5.13. The zero-order valence-corrected chi connectivity index (χ0v) is 9.16. The van der Waals surface area contributed by atoms with Crippen molar-refractivity contribution in [1.82, 2.24) is 0 Å². The van der Waals surface area contributed by atoms with E-state index in [0.29, 0.717) is 12.5 Å². The molecule has 0 amide bonds. The van der Waals surface area contributed by atoms with Crippen LogP contribution in [0, 0.1) is 0 Å². The van der Waals surface area contributed by atoms with Crippen molar-refractivity contribution in [2.24, 2.45) is 4.99 Å². The zero-order chi connectivity index (χ0) is 6.91. The van der Waals surface area contributed by atoms with Gasteiger partial charge in [0.05, 0.1) is 6.54 Å². The summed E-state index contributed by atoms with van der Waals surface area (Å²) in [5, 5.41) is 0. The van der Waals surface area contributed by atoms with Gasteiger partial charge in [-0.3, -0.25) is 0 Å². The molecule has 0 unspecified atom stereocenters. The second-order valence-corrected chi connectivity index (χ2v) is 8.29. The third-order valence-corrected chi connectivity index (χ3v) is 1.85. The van der Waals surface area contributed by atoms with Crippen LogP contribution in [0.5, 0.6) is 0 Å². The van der Waals surface area contributed by atoms with Crippen LogP contribution in [0.1, 0.15) is 0 Å². The molecule has 0 saturated carbocycles. The Balaban J connectivity index is 2.61. The Hall–Kier alpha value is 0.910. The van der Waals surface area contributed by atoms with Crippen LogP contribution in [0.2, 0.25) is 0 Å². The molecule has 0 atom stereocenters. The molecule has 52 valence electrons. The lowest BCUT2D eigenvalue weighted by Crippen LogP contribution is -2.16. The van der Waals surface area contributed by atoms with Crippen LogP contribution < -0.4 is 0 Å². The van der Waals surface area contributed by atoms with Crippen molar-refractivity contribution in [2.75, 3.05) is 13.2 Å². The lowest BCUT2D eigenvalue weighted by atomic mass is 10.7. The summed E-state index contributed by atoms with van der Waals surface area (Å²) in [4.78, 5) is 4.06. The summed E-state index contributed by atoms with van der Waals surface area (Å²) < 4.78 is 4.67. The molecular formula is C4H4Br3NO. The number of ether oxygens (including phenoxy) is 1. The largest absolute Gasteiger partial charge is 0.477 e. The Morgan fingerprint density at radius 3 is 2.33 bits per heavy atom. The minimum absolute atomic E-state index is 0.455. The van der Waals surface area contributed by atoms with Crippen LogP contribution in [-0.4, -0.2) is 21.2 Å². The second kappa shape index (κ2) is 2.88. The van der Waals surface area contributed by atoms with E-state index in [1.807, 2.05) is 0 Å². The topological polar surface area (TPSA) is 21.6 Å². The average molecular weight is 322 g/mol. The number of hydrogen-bond donors (Lipinski definition) is 0. The molecule has 0 spiro atoms. The molecule has 1 aliphatic rings. The Morgan fingerprint density at radius 2 is 2.11 bits per heavy atom. The molecule has 0 aliphatic carbocycles. The van der Waals surface area contributed by atoms with Gasteiger partial charge in [-0.05, 0) is 47.8 Å². The molecule has 0 bridgehead atoms. The van der Waals surface area contributed by atoms with E-state index in [2.05, 4.69) is 52.8 Å². The molecule has 0 saturated heterocycles. The van der Waals surface area contributed by atoms with Gasteiger partial charge in [-0.1, -0.05) is 0 Å². The summed E-state index contributed by atoms with van der Waals surface area (Å²) in [7, 11) is 0. The number of rotatable bonds is 0. The highest BCUT2D eigenvalue weighted by Gasteiger charge is 2.29. The van der Waals surface area contributed by atoms with Crippen LogP contribution in [0.4, 0.5) is 0 Å². The fourth-order valence-electron chi connectivity index (χ4n) is 0.507. The lowest BCUT2D eigenvalue weighted by molar-refractivity contribution is 0.344. The number of hydrogen-bond acceptors (Lipinski definition) is 2. The van der Waals surface area contributed by atoms with E-state index < -0.39 is 2.14 Å². The van der Waals surface area contributed by atoms with Gasteiger partial charge in [-0.15, -0.1) is 0 Å². The molecule has 0 aromatic carbocycles.